The molecule has 0 aromatic heterocycles. The summed E-state index contributed by atoms with van der Waals surface area (Å²) in [6.07, 6.45) is 7.22. The van der Waals surface area contributed by atoms with Crippen LogP contribution in [-0.2, 0) is 19.6 Å². The number of sulfonamides is 1. The molecular formula is C20H32N2O4S. The minimum atomic E-state index is -3.58. The van der Waals surface area contributed by atoms with Gasteiger partial charge in [0.2, 0.25) is 15.9 Å². The van der Waals surface area contributed by atoms with E-state index in [2.05, 4.69) is 12.2 Å². The van der Waals surface area contributed by atoms with Crippen LogP contribution < -0.4 is 5.32 Å². The lowest BCUT2D eigenvalue weighted by Crippen LogP contribution is -2.40. The first kappa shape index (κ1) is 21.9. The Hall–Kier alpha value is -1.44. The van der Waals surface area contributed by atoms with Gasteiger partial charge in [0.25, 0.3) is 0 Å². The molecule has 1 aliphatic rings. The third-order valence-electron chi connectivity index (χ3n) is 4.82. The number of anilines is 1. The Morgan fingerprint density at radius 2 is 1.78 bits per heavy atom. The average Bonchev–Trinajstić information content (AvgIpc) is 2.66. The second-order valence-corrected chi connectivity index (χ2v) is 8.97. The van der Waals surface area contributed by atoms with Crippen LogP contribution in [0.3, 0.4) is 0 Å². The van der Waals surface area contributed by atoms with Crippen molar-refractivity contribution in [1.29, 1.82) is 0 Å². The fourth-order valence-corrected chi connectivity index (χ4v) is 4.83. The van der Waals surface area contributed by atoms with Crippen LogP contribution in [0.4, 0.5) is 5.69 Å². The van der Waals surface area contributed by atoms with Crippen LogP contribution >= 0.6 is 0 Å². The SMILES string of the molecule is CCCCCCCCC(=O)Nc1ccc(C)c(S(=O)(=O)N2CCOCC2)c1. The van der Waals surface area contributed by atoms with Gasteiger partial charge in [-0.05, 0) is 31.0 Å². The number of morpholine rings is 1. The van der Waals surface area contributed by atoms with Gasteiger partial charge >= 0.3 is 0 Å². The Morgan fingerprint density at radius 3 is 2.48 bits per heavy atom. The topological polar surface area (TPSA) is 75.7 Å². The number of hydrogen-bond acceptors (Lipinski definition) is 4. The molecule has 0 spiro atoms. The molecular weight excluding hydrogens is 364 g/mol. The standard InChI is InChI=1S/C20H32N2O4S/c1-3-4-5-6-7-8-9-20(23)21-18-11-10-17(2)19(16-18)27(24,25)22-12-14-26-15-13-22/h10-11,16H,3-9,12-15H2,1-2H3,(H,21,23). The van der Waals surface area contributed by atoms with Crippen molar-refractivity contribution in [3.8, 4) is 0 Å². The third-order valence-corrected chi connectivity index (χ3v) is 6.86. The molecule has 7 heteroatoms. The first-order valence-electron chi connectivity index (χ1n) is 9.93. The molecule has 1 aromatic carbocycles. The zero-order valence-corrected chi connectivity index (χ0v) is 17.3. The van der Waals surface area contributed by atoms with E-state index < -0.39 is 10.0 Å². The summed E-state index contributed by atoms with van der Waals surface area (Å²) >= 11 is 0. The molecule has 1 aromatic rings. The summed E-state index contributed by atoms with van der Waals surface area (Å²) in [5, 5.41) is 2.84. The Morgan fingerprint density at radius 1 is 1.11 bits per heavy atom. The molecule has 1 fully saturated rings. The summed E-state index contributed by atoms with van der Waals surface area (Å²) < 4.78 is 32.5. The number of carbonyl (C=O) groups is 1. The van der Waals surface area contributed by atoms with E-state index in [1.165, 1.54) is 23.6 Å². The van der Waals surface area contributed by atoms with Crippen molar-refractivity contribution in [2.24, 2.45) is 0 Å². The van der Waals surface area contributed by atoms with E-state index in [-0.39, 0.29) is 10.8 Å². The Balaban J connectivity index is 1.95. The number of nitrogens with one attached hydrogen (secondary N) is 1. The maximum atomic E-state index is 12.9. The zero-order chi connectivity index (χ0) is 19.7. The Kier molecular flexibility index (Phi) is 8.73. The van der Waals surface area contributed by atoms with E-state index in [9.17, 15) is 13.2 Å². The molecule has 0 radical (unpaired) electrons. The fourth-order valence-electron chi connectivity index (χ4n) is 3.17. The number of aryl methyl sites for hydroxylation is 1. The van der Waals surface area contributed by atoms with Crippen LogP contribution in [0.1, 0.15) is 57.4 Å². The van der Waals surface area contributed by atoms with Crippen molar-refractivity contribution in [3.05, 3.63) is 23.8 Å². The van der Waals surface area contributed by atoms with Crippen molar-refractivity contribution in [2.75, 3.05) is 31.6 Å². The van der Waals surface area contributed by atoms with Gasteiger partial charge < -0.3 is 10.1 Å². The van der Waals surface area contributed by atoms with Gasteiger partial charge in [-0.1, -0.05) is 45.1 Å². The maximum Gasteiger partial charge on any atom is 0.243 e. The molecule has 152 valence electrons. The first-order valence-corrected chi connectivity index (χ1v) is 11.4. The summed E-state index contributed by atoms with van der Waals surface area (Å²) in [5.74, 6) is -0.0657. The van der Waals surface area contributed by atoms with Gasteiger partial charge in [0.05, 0.1) is 18.1 Å². The smallest absolute Gasteiger partial charge is 0.243 e. The fraction of sp³-hybridized carbons (Fsp3) is 0.650. The number of rotatable bonds is 10. The van der Waals surface area contributed by atoms with Crippen LogP contribution in [-0.4, -0.2) is 44.9 Å². The van der Waals surface area contributed by atoms with E-state index in [0.717, 1.165) is 19.3 Å². The molecule has 1 heterocycles. The monoisotopic (exact) mass is 396 g/mol. The van der Waals surface area contributed by atoms with E-state index in [1.807, 2.05) is 0 Å². The van der Waals surface area contributed by atoms with Crippen LogP contribution in [0, 0.1) is 6.92 Å². The predicted octanol–water partition coefficient (Wildman–Crippen LogP) is 3.71. The molecule has 0 bridgehead atoms. The van der Waals surface area contributed by atoms with E-state index in [1.54, 1.807) is 25.1 Å². The molecule has 1 aliphatic heterocycles. The molecule has 0 atom stereocenters. The maximum absolute atomic E-state index is 12.9. The van der Waals surface area contributed by atoms with Crippen molar-refractivity contribution in [3.63, 3.8) is 0 Å². The molecule has 0 saturated carbocycles. The van der Waals surface area contributed by atoms with Gasteiger partial charge in [0.1, 0.15) is 0 Å². The molecule has 0 unspecified atom stereocenters. The van der Waals surface area contributed by atoms with Gasteiger partial charge in [-0.25, -0.2) is 8.42 Å². The third kappa shape index (κ3) is 6.59. The number of benzene rings is 1. The van der Waals surface area contributed by atoms with Gasteiger partial charge in [-0.15, -0.1) is 0 Å². The highest BCUT2D eigenvalue weighted by atomic mass is 32.2. The van der Waals surface area contributed by atoms with Crippen LogP contribution in [0.2, 0.25) is 0 Å². The van der Waals surface area contributed by atoms with E-state index in [0.29, 0.717) is 44.0 Å². The zero-order valence-electron chi connectivity index (χ0n) is 16.5. The molecule has 0 aliphatic carbocycles. The summed E-state index contributed by atoms with van der Waals surface area (Å²) in [5.41, 5.74) is 1.21. The number of carbonyl (C=O) groups excluding carboxylic acids is 1. The number of hydrogen-bond donors (Lipinski definition) is 1. The Labute approximate surface area is 163 Å². The highest BCUT2D eigenvalue weighted by Crippen LogP contribution is 2.24. The predicted molar refractivity (Wildman–Crippen MR) is 107 cm³/mol. The van der Waals surface area contributed by atoms with Crippen molar-refractivity contribution < 1.29 is 17.9 Å². The summed E-state index contributed by atoms with van der Waals surface area (Å²) in [6.45, 7) is 5.49. The molecule has 2 rings (SSSR count). The minimum Gasteiger partial charge on any atom is -0.379 e. The molecule has 1 N–H and O–H groups in total. The van der Waals surface area contributed by atoms with E-state index in [4.69, 9.17) is 4.74 Å². The number of ether oxygens (including phenoxy) is 1. The molecule has 27 heavy (non-hydrogen) atoms. The molecule has 6 nitrogen and oxygen atoms in total. The number of unbranched alkanes of at least 4 members (excludes halogenated alkanes) is 5. The average molecular weight is 397 g/mol. The quantitative estimate of drug-likeness (QED) is 0.612. The van der Waals surface area contributed by atoms with Gasteiger partial charge in [-0.2, -0.15) is 4.31 Å². The molecule has 1 amide bonds. The lowest BCUT2D eigenvalue weighted by atomic mass is 10.1. The second-order valence-electron chi connectivity index (χ2n) is 7.06. The van der Waals surface area contributed by atoms with Gasteiger partial charge in [-0.3, -0.25) is 4.79 Å². The minimum absolute atomic E-state index is 0.0657. The summed E-state index contributed by atoms with van der Waals surface area (Å²) in [6, 6.07) is 5.07. The van der Waals surface area contributed by atoms with Crippen LogP contribution in [0.15, 0.2) is 23.1 Å². The van der Waals surface area contributed by atoms with Crippen molar-refractivity contribution in [2.45, 2.75) is 63.7 Å². The van der Waals surface area contributed by atoms with Crippen molar-refractivity contribution in [1.82, 2.24) is 4.31 Å². The van der Waals surface area contributed by atoms with Crippen LogP contribution in [0.25, 0.3) is 0 Å². The number of amides is 1. The number of nitrogens with zero attached hydrogens (tertiary/aromatic N) is 1. The highest BCUT2D eigenvalue weighted by molar-refractivity contribution is 7.89. The normalized spacial score (nSPS) is 15.6. The lowest BCUT2D eigenvalue weighted by Gasteiger charge is -2.26. The van der Waals surface area contributed by atoms with Crippen LogP contribution in [0.5, 0.6) is 0 Å². The van der Waals surface area contributed by atoms with E-state index >= 15 is 0 Å². The highest BCUT2D eigenvalue weighted by Gasteiger charge is 2.28. The lowest BCUT2D eigenvalue weighted by molar-refractivity contribution is -0.116. The largest absolute Gasteiger partial charge is 0.379 e. The molecule has 1 saturated heterocycles. The summed E-state index contributed by atoms with van der Waals surface area (Å²) in [7, 11) is -3.58. The summed E-state index contributed by atoms with van der Waals surface area (Å²) in [4.78, 5) is 12.4. The Bertz CT molecular complexity index is 713. The van der Waals surface area contributed by atoms with Gasteiger partial charge in [0, 0.05) is 25.2 Å². The first-order chi connectivity index (χ1) is 12.9. The second kappa shape index (κ2) is 10.8. The van der Waals surface area contributed by atoms with Crippen molar-refractivity contribution >= 4 is 21.6 Å². The van der Waals surface area contributed by atoms with Gasteiger partial charge in [0.15, 0.2) is 0 Å².